The predicted molar refractivity (Wildman–Crippen MR) is 75.2 cm³/mol. The van der Waals surface area contributed by atoms with E-state index < -0.39 is 0 Å². The molecule has 100 valence electrons. The van der Waals surface area contributed by atoms with Gasteiger partial charge in [-0.3, -0.25) is 4.79 Å². The molecule has 1 aromatic heterocycles. The monoisotopic (exact) mass is 278 g/mol. The van der Waals surface area contributed by atoms with Gasteiger partial charge in [0.2, 0.25) is 5.91 Å². The minimum absolute atomic E-state index is 0.114. The molecule has 2 N–H and O–H groups in total. The quantitative estimate of drug-likeness (QED) is 0.884. The lowest BCUT2D eigenvalue weighted by Gasteiger charge is -2.09. The fourth-order valence-electron chi connectivity index (χ4n) is 1.64. The fourth-order valence-corrected chi connectivity index (χ4v) is 1.81. The standard InChI is InChI=1S/C14H15ClN2O2/c1-10-4-5-11(15)7-13(10)17-14(18)9-16-8-12-3-2-6-19-12/h2-7,16H,8-9H2,1H3,(H,17,18). The maximum absolute atomic E-state index is 11.8. The average molecular weight is 279 g/mol. The first kappa shape index (κ1) is 13.6. The second-order valence-electron chi connectivity index (χ2n) is 4.19. The number of hydrogen-bond acceptors (Lipinski definition) is 3. The van der Waals surface area contributed by atoms with Crippen molar-refractivity contribution in [1.29, 1.82) is 0 Å². The molecule has 0 saturated carbocycles. The molecule has 0 saturated heterocycles. The summed E-state index contributed by atoms with van der Waals surface area (Å²) < 4.78 is 5.16. The van der Waals surface area contributed by atoms with Crippen LogP contribution in [0.2, 0.25) is 5.02 Å². The molecule has 5 heteroatoms. The summed E-state index contributed by atoms with van der Waals surface area (Å²) in [6.45, 7) is 2.66. The largest absolute Gasteiger partial charge is 0.468 e. The van der Waals surface area contributed by atoms with Crippen molar-refractivity contribution in [2.75, 3.05) is 11.9 Å². The first-order chi connectivity index (χ1) is 9.15. The Labute approximate surface area is 116 Å². The molecule has 1 amide bonds. The van der Waals surface area contributed by atoms with Gasteiger partial charge in [-0.2, -0.15) is 0 Å². The van der Waals surface area contributed by atoms with Gasteiger partial charge in [-0.15, -0.1) is 0 Å². The SMILES string of the molecule is Cc1ccc(Cl)cc1NC(=O)CNCc1ccco1. The van der Waals surface area contributed by atoms with Gasteiger partial charge in [-0.1, -0.05) is 17.7 Å². The van der Waals surface area contributed by atoms with E-state index in [0.29, 0.717) is 11.6 Å². The first-order valence-corrected chi connectivity index (χ1v) is 6.32. The highest BCUT2D eigenvalue weighted by atomic mass is 35.5. The second kappa shape index (κ2) is 6.41. The Kier molecular flexibility index (Phi) is 4.60. The van der Waals surface area contributed by atoms with Crippen LogP contribution in [0.15, 0.2) is 41.0 Å². The van der Waals surface area contributed by atoms with Crippen LogP contribution in [0.5, 0.6) is 0 Å². The molecular weight excluding hydrogens is 264 g/mol. The average Bonchev–Trinajstić information content (AvgIpc) is 2.87. The summed E-state index contributed by atoms with van der Waals surface area (Å²) >= 11 is 5.89. The van der Waals surface area contributed by atoms with E-state index in [0.717, 1.165) is 17.0 Å². The Bertz CT molecular complexity index is 553. The molecule has 1 heterocycles. The Morgan fingerprint density at radius 3 is 2.95 bits per heavy atom. The molecule has 0 bridgehead atoms. The smallest absolute Gasteiger partial charge is 0.238 e. The fraction of sp³-hybridized carbons (Fsp3) is 0.214. The number of furan rings is 1. The van der Waals surface area contributed by atoms with Crippen molar-refractivity contribution in [1.82, 2.24) is 5.32 Å². The van der Waals surface area contributed by atoms with Crippen molar-refractivity contribution in [2.24, 2.45) is 0 Å². The van der Waals surface area contributed by atoms with E-state index in [1.54, 1.807) is 18.4 Å². The molecule has 0 fully saturated rings. The summed E-state index contributed by atoms with van der Waals surface area (Å²) in [7, 11) is 0. The minimum Gasteiger partial charge on any atom is -0.468 e. The molecule has 0 radical (unpaired) electrons. The van der Waals surface area contributed by atoms with Crippen LogP contribution in [-0.2, 0) is 11.3 Å². The molecule has 1 aromatic carbocycles. The topological polar surface area (TPSA) is 54.3 Å². The van der Waals surface area contributed by atoms with E-state index in [-0.39, 0.29) is 12.5 Å². The van der Waals surface area contributed by atoms with Gasteiger partial charge in [0.15, 0.2) is 0 Å². The zero-order valence-corrected chi connectivity index (χ0v) is 11.3. The van der Waals surface area contributed by atoms with E-state index in [1.165, 1.54) is 0 Å². The Morgan fingerprint density at radius 2 is 2.21 bits per heavy atom. The van der Waals surface area contributed by atoms with Gasteiger partial charge in [-0.05, 0) is 36.8 Å². The van der Waals surface area contributed by atoms with E-state index in [4.69, 9.17) is 16.0 Å². The summed E-state index contributed by atoms with van der Waals surface area (Å²) in [4.78, 5) is 11.8. The number of benzene rings is 1. The number of anilines is 1. The van der Waals surface area contributed by atoms with Crippen LogP contribution < -0.4 is 10.6 Å². The maximum atomic E-state index is 11.8. The Balaban J connectivity index is 1.82. The molecule has 0 spiro atoms. The van der Waals surface area contributed by atoms with Gasteiger partial charge in [0.25, 0.3) is 0 Å². The van der Waals surface area contributed by atoms with Gasteiger partial charge in [0, 0.05) is 10.7 Å². The second-order valence-corrected chi connectivity index (χ2v) is 4.63. The number of carbonyl (C=O) groups excluding carboxylic acids is 1. The number of rotatable bonds is 5. The predicted octanol–water partition coefficient (Wildman–Crippen LogP) is 2.97. The van der Waals surface area contributed by atoms with E-state index in [2.05, 4.69) is 10.6 Å². The summed E-state index contributed by atoms with van der Waals surface area (Å²) in [5, 5.41) is 6.42. The van der Waals surface area contributed by atoms with E-state index in [9.17, 15) is 4.79 Å². The summed E-state index contributed by atoms with van der Waals surface area (Å²) in [6, 6.07) is 9.07. The van der Waals surface area contributed by atoms with Crippen molar-refractivity contribution in [3.8, 4) is 0 Å². The molecule has 2 aromatic rings. The molecule has 0 atom stereocenters. The Hall–Kier alpha value is -1.78. The Morgan fingerprint density at radius 1 is 1.37 bits per heavy atom. The van der Waals surface area contributed by atoms with Crippen LogP contribution >= 0.6 is 11.6 Å². The zero-order chi connectivity index (χ0) is 13.7. The van der Waals surface area contributed by atoms with Crippen LogP contribution in [0, 0.1) is 6.92 Å². The van der Waals surface area contributed by atoms with Gasteiger partial charge >= 0.3 is 0 Å². The van der Waals surface area contributed by atoms with Crippen molar-refractivity contribution < 1.29 is 9.21 Å². The van der Waals surface area contributed by atoms with Crippen molar-refractivity contribution in [2.45, 2.75) is 13.5 Å². The molecule has 0 aliphatic heterocycles. The highest BCUT2D eigenvalue weighted by Crippen LogP contribution is 2.19. The van der Waals surface area contributed by atoms with Crippen molar-refractivity contribution >= 4 is 23.2 Å². The summed E-state index contributed by atoms with van der Waals surface area (Å²) in [5.74, 6) is 0.684. The van der Waals surface area contributed by atoms with Gasteiger partial charge < -0.3 is 15.1 Å². The van der Waals surface area contributed by atoms with Crippen molar-refractivity contribution in [3.63, 3.8) is 0 Å². The lowest BCUT2D eigenvalue weighted by Crippen LogP contribution is -2.27. The van der Waals surface area contributed by atoms with Crippen LogP contribution in [0.3, 0.4) is 0 Å². The lowest BCUT2D eigenvalue weighted by atomic mass is 10.2. The molecule has 2 rings (SSSR count). The highest BCUT2D eigenvalue weighted by molar-refractivity contribution is 6.31. The normalized spacial score (nSPS) is 10.4. The number of halogens is 1. The van der Waals surface area contributed by atoms with Crippen LogP contribution in [0.25, 0.3) is 0 Å². The third kappa shape index (κ3) is 4.12. The van der Waals surface area contributed by atoms with Crippen molar-refractivity contribution in [3.05, 3.63) is 52.9 Å². The summed E-state index contributed by atoms with van der Waals surface area (Å²) in [5.41, 5.74) is 1.71. The number of nitrogens with one attached hydrogen (secondary N) is 2. The molecule has 0 unspecified atom stereocenters. The van der Waals surface area contributed by atoms with Crippen LogP contribution in [0.1, 0.15) is 11.3 Å². The van der Waals surface area contributed by atoms with Gasteiger partial charge in [0.1, 0.15) is 5.76 Å². The maximum Gasteiger partial charge on any atom is 0.238 e. The molecule has 0 aliphatic carbocycles. The van der Waals surface area contributed by atoms with E-state index in [1.807, 2.05) is 25.1 Å². The highest BCUT2D eigenvalue weighted by Gasteiger charge is 2.05. The summed E-state index contributed by atoms with van der Waals surface area (Å²) in [6.07, 6.45) is 1.60. The molecule has 4 nitrogen and oxygen atoms in total. The number of carbonyl (C=O) groups is 1. The lowest BCUT2D eigenvalue weighted by molar-refractivity contribution is -0.115. The molecule has 0 aliphatic rings. The zero-order valence-electron chi connectivity index (χ0n) is 10.6. The molecule has 19 heavy (non-hydrogen) atoms. The third-order valence-corrected chi connectivity index (χ3v) is 2.87. The number of hydrogen-bond donors (Lipinski definition) is 2. The number of amides is 1. The van der Waals surface area contributed by atoms with Crippen LogP contribution in [-0.4, -0.2) is 12.5 Å². The van der Waals surface area contributed by atoms with Gasteiger partial charge in [0.05, 0.1) is 19.4 Å². The van der Waals surface area contributed by atoms with E-state index >= 15 is 0 Å². The third-order valence-electron chi connectivity index (χ3n) is 2.64. The first-order valence-electron chi connectivity index (χ1n) is 5.94. The number of aryl methyl sites for hydroxylation is 1. The van der Waals surface area contributed by atoms with Crippen LogP contribution in [0.4, 0.5) is 5.69 Å². The van der Waals surface area contributed by atoms with Gasteiger partial charge in [-0.25, -0.2) is 0 Å². The minimum atomic E-state index is -0.114. The molecular formula is C14H15ClN2O2.